The topological polar surface area (TPSA) is 105 Å². The predicted molar refractivity (Wildman–Crippen MR) is 91.7 cm³/mol. The first-order valence-electron chi connectivity index (χ1n) is 7.61. The fourth-order valence-corrected chi connectivity index (χ4v) is 2.66. The van der Waals surface area contributed by atoms with E-state index in [0.717, 1.165) is 16.6 Å². The molecule has 0 atom stereocenters. The lowest BCUT2D eigenvalue weighted by molar-refractivity contribution is 0.384. The van der Waals surface area contributed by atoms with E-state index in [4.69, 9.17) is 11.0 Å². The maximum Gasteiger partial charge on any atom is 0.145 e. The van der Waals surface area contributed by atoms with Crippen LogP contribution in [0.5, 0.6) is 0 Å². The first kappa shape index (κ1) is 15.9. The smallest absolute Gasteiger partial charge is 0.145 e. The average molecular weight is 321 g/mol. The van der Waals surface area contributed by atoms with Crippen molar-refractivity contribution in [1.82, 2.24) is 25.1 Å². The molecule has 0 fully saturated rings. The molecule has 24 heavy (non-hydrogen) atoms. The highest BCUT2D eigenvalue weighted by Crippen LogP contribution is 2.27. The van der Waals surface area contributed by atoms with E-state index >= 15 is 0 Å². The van der Waals surface area contributed by atoms with Crippen LogP contribution < -0.4 is 11.1 Å². The van der Waals surface area contributed by atoms with E-state index in [2.05, 4.69) is 40.3 Å². The number of benzene rings is 1. The molecule has 7 nitrogen and oxygen atoms in total. The van der Waals surface area contributed by atoms with Crippen LogP contribution in [-0.4, -0.2) is 19.7 Å². The fraction of sp³-hybridized carbons (Fsp3) is 0.294. The Balaban J connectivity index is 1.86. The lowest BCUT2D eigenvalue weighted by atomic mass is 9.97. The molecule has 0 aliphatic carbocycles. The van der Waals surface area contributed by atoms with Crippen molar-refractivity contribution in [2.45, 2.75) is 25.9 Å². The molecule has 0 saturated heterocycles. The van der Waals surface area contributed by atoms with Crippen molar-refractivity contribution < 1.29 is 0 Å². The van der Waals surface area contributed by atoms with E-state index in [0.29, 0.717) is 12.4 Å². The van der Waals surface area contributed by atoms with Crippen LogP contribution in [-0.2, 0) is 19.1 Å². The molecule has 0 spiro atoms. The number of nitrogens with two attached hydrogens (primary N) is 1. The van der Waals surface area contributed by atoms with Gasteiger partial charge in [-0.1, -0.05) is 18.2 Å². The van der Waals surface area contributed by atoms with Crippen molar-refractivity contribution in [2.75, 3.05) is 5.73 Å². The highest BCUT2D eigenvalue weighted by molar-refractivity contribution is 5.82. The van der Waals surface area contributed by atoms with Gasteiger partial charge >= 0.3 is 0 Å². The molecule has 0 amide bonds. The van der Waals surface area contributed by atoms with Crippen molar-refractivity contribution in [1.29, 1.82) is 5.26 Å². The maximum absolute atomic E-state index is 8.88. The van der Waals surface area contributed by atoms with E-state index in [1.807, 2.05) is 36.0 Å². The van der Waals surface area contributed by atoms with Crippen LogP contribution in [0.1, 0.15) is 30.9 Å². The normalized spacial score (nSPS) is 11.6. The molecule has 0 aliphatic heterocycles. The number of nitrogen functional groups attached to an aromatic ring is 1. The Kier molecular flexibility index (Phi) is 3.91. The van der Waals surface area contributed by atoms with E-state index in [1.165, 1.54) is 6.20 Å². The molecule has 3 aromatic rings. The van der Waals surface area contributed by atoms with E-state index < -0.39 is 0 Å². The van der Waals surface area contributed by atoms with Crippen LogP contribution in [0.15, 0.2) is 30.5 Å². The van der Waals surface area contributed by atoms with Crippen LogP contribution in [0, 0.1) is 11.3 Å². The van der Waals surface area contributed by atoms with Gasteiger partial charge in [-0.15, -0.1) is 0 Å². The van der Waals surface area contributed by atoms with Gasteiger partial charge in [-0.3, -0.25) is 10.00 Å². The zero-order chi connectivity index (χ0) is 17.3. The SMILES string of the molecule is Cn1nc(C(C)(C)NCc2ncc(C#N)c(N)n2)c2ccccc21. The minimum absolute atomic E-state index is 0.199. The molecule has 3 rings (SSSR count). The van der Waals surface area contributed by atoms with Crippen LogP contribution in [0.4, 0.5) is 5.82 Å². The molecule has 7 heteroatoms. The molecule has 122 valence electrons. The van der Waals surface area contributed by atoms with Crippen LogP contribution in [0.2, 0.25) is 0 Å². The number of aryl methyl sites for hydroxylation is 1. The second-order valence-electron chi connectivity index (χ2n) is 6.16. The zero-order valence-electron chi connectivity index (χ0n) is 13.9. The minimum Gasteiger partial charge on any atom is -0.382 e. The highest BCUT2D eigenvalue weighted by atomic mass is 15.3. The van der Waals surface area contributed by atoms with E-state index in [-0.39, 0.29) is 16.9 Å². The lowest BCUT2D eigenvalue weighted by Gasteiger charge is -2.24. The predicted octanol–water partition coefficient (Wildman–Crippen LogP) is 1.84. The van der Waals surface area contributed by atoms with Gasteiger partial charge in [0.2, 0.25) is 0 Å². The molecular formula is C17H19N7. The number of nitrogens with zero attached hydrogens (tertiary/aromatic N) is 5. The maximum atomic E-state index is 8.88. The standard InChI is InChI=1S/C17H19N7/c1-17(2,15-12-6-4-5-7-13(12)24(3)23-15)21-10-14-20-9-11(8-18)16(19)22-14/h4-7,9,21H,10H2,1-3H3,(H2,19,20,22). The number of fused-ring (bicyclic) bond motifs is 1. The Morgan fingerprint density at radius 1 is 1.33 bits per heavy atom. The molecule has 2 heterocycles. The summed E-state index contributed by atoms with van der Waals surface area (Å²) in [6.45, 7) is 4.55. The summed E-state index contributed by atoms with van der Waals surface area (Å²) in [5.41, 5.74) is 7.69. The van der Waals surface area contributed by atoms with E-state index in [1.54, 1.807) is 0 Å². The van der Waals surface area contributed by atoms with Crippen LogP contribution in [0.25, 0.3) is 10.9 Å². The van der Waals surface area contributed by atoms with Gasteiger partial charge in [-0.25, -0.2) is 9.97 Å². The zero-order valence-corrected chi connectivity index (χ0v) is 13.9. The molecular weight excluding hydrogens is 302 g/mol. The summed E-state index contributed by atoms with van der Waals surface area (Å²) >= 11 is 0. The third kappa shape index (κ3) is 2.79. The van der Waals surface area contributed by atoms with Crippen molar-refractivity contribution >= 4 is 16.7 Å². The lowest BCUT2D eigenvalue weighted by Crippen LogP contribution is -2.37. The molecule has 0 saturated carbocycles. The first-order chi connectivity index (χ1) is 11.4. The fourth-order valence-electron chi connectivity index (χ4n) is 2.66. The molecule has 1 aromatic carbocycles. The summed E-state index contributed by atoms with van der Waals surface area (Å²) in [6.07, 6.45) is 1.45. The monoisotopic (exact) mass is 321 g/mol. The Morgan fingerprint density at radius 2 is 2.08 bits per heavy atom. The first-order valence-corrected chi connectivity index (χ1v) is 7.61. The molecule has 3 N–H and O–H groups in total. The largest absolute Gasteiger partial charge is 0.382 e. The summed E-state index contributed by atoms with van der Waals surface area (Å²) in [6, 6.07) is 10.1. The molecule has 2 aromatic heterocycles. The van der Waals surface area contributed by atoms with Crippen molar-refractivity contribution in [3.05, 3.63) is 47.5 Å². The van der Waals surface area contributed by atoms with Gasteiger partial charge < -0.3 is 5.73 Å². The molecule has 0 unspecified atom stereocenters. The van der Waals surface area contributed by atoms with Gasteiger partial charge in [0.1, 0.15) is 23.3 Å². The number of hydrogen-bond donors (Lipinski definition) is 2. The highest BCUT2D eigenvalue weighted by Gasteiger charge is 2.26. The second kappa shape index (κ2) is 5.91. The van der Waals surface area contributed by atoms with Gasteiger partial charge in [0, 0.05) is 12.4 Å². The second-order valence-corrected chi connectivity index (χ2v) is 6.16. The van der Waals surface area contributed by atoms with Gasteiger partial charge in [0.25, 0.3) is 0 Å². The number of para-hydroxylation sites is 1. The van der Waals surface area contributed by atoms with Crippen LogP contribution in [0.3, 0.4) is 0 Å². The molecule has 0 radical (unpaired) electrons. The summed E-state index contributed by atoms with van der Waals surface area (Å²) in [4.78, 5) is 8.34. The average Bonchev–Trinajstić information content (AvgIpc) is 2.91. The van der Waals surface area contributed by atoms with Gasteiger partial charge in [0.05, 0.1) is 29.5 Å². The number of rotatable bonds is 4. The van der Waals surface area contributed by atoms with Crippen LogP contribution >= 0.6 is 0 Å². The number of aromatic nitrogens is 4. The summed E-state index contributed by atoms with van der Waals surface area (Å²) in [5, 5.41) is 18.1. The number of anilines is 1. The van der Waals surface area contributed by atoms with Gasteiger partial charge in [0.15, 0.2) is 0 Å². The summed E-state index contributed by atoms with van der Waals surface area (Å²) in [5.74, 6) is 0.741. The number of nitriles is 1. The molecule has 0 bridgehead atoms. The van der Waals surface area contributed by atoms with E-state index in [9.17, 15) is 0 Å². The minimum atomic E-state index is -0.382. The van der Waals surface area contributed by atoms with Crippen molar-refractivity contribution in [3.63, 3.8) is 0 Å². The molecule has 0 aliphatic rings. The summed E-state index contributed by atoms with van der Waals surface area (Å²) in [7, 11) is 1.94. The Morgan fingerprint density at radius 3 is 2.79 bits per heavy atom. The third-order valence-electron chi connectivity index (χ3n) is 4.03. The Bertz CT molecular complexity index is 934. The van der Waals surface area contributed by atoms with Crippen molar-refractivity contribution in [3.8, 4) is 6.07 Å². The van der Waals surface area contributed by atoms with Gasteiger partial charge in [-0.05, 0) is 19.9 Å². The Labute approximate surface area is 140 Å². The third-order valence-corrected chi connectivity index (χ3v) is 4.03. The number of hydrogen-bond acceptors (Lipinski definition) is 6. The van der Waals surface area contributed by atoms with Crippen molar-refractivity contribution in [2.24, 2.45) is 7.05 Å². The Hall–Kier alpha value is -2.98. The van der Waals surface area contributed by atoms with Gasteiger partial charge in [-0.2, -0.15) is 10.4 Å². The summed E-state index contributed by atoms with van der Waals surface area (Å²) < 4.78 is 1.88. The number of nitrogens with one attached hydrogen (secondary N) is 1. The quantitative estimate of drug-likeness (QED) is 0.759.